The summed E-state index contributed by atoms with van der Waals surface area (Å²) in [5, 5.41) is 8.92. The SMILES string of the molecule is O=C[C@@H]1[C@H](CO)[C@H]2C=C[C@@H]1O2. The summed E-state index contributed by atoms with van der Waals surface area (Å²) >= 11 is 0. The Kier molecular flexibility index (Phi) is 1.55. The van der Waals surface area contributed by atoms with Gasteiger partial charge in [0.2, 0.25) is 0 Å². The second-order valence-electron chi connectivity index (χ2n) is 3.01. The number of aldehydes is 1. The maximum absolute atomic E-state index is 10.5. The number of carbonyl (C=O) groups is 1. The molecule has 2 heterocycles. The lowest BCUT2D eigenvalue weighted by Gasteiger charge is -2.16. The molecule has 0 unspecified atom stereocenters. The molecule has 0 aromatic rings. The van der Waals surface area contributed by atoms with Gasteiger partial charge in [-0.15, -0.1) is 0 Å². The third-order valence-corrected chi connectivity index (χ3v) is 2.47. The number of hydrogen-bond donors (Lipinski definition) is 1. The summed E-state index contributed by atoms with van der Waals surface area (Å²) in [6.45, 7) is 0.0366. The number of ether oxygens (including phenoxy) is 1. The van der Waals surface area contributed by atoms with E-state index in [9.17, 15) is 4.79 Å². The fourth-order valence-electron chi connectivity index (χ4n) is 1.82. The second-order valence-corrected chi connectivity index (χ2v) is 3.01. The van der Waals surface area contributed by atoms with Crippen LogP contribution in [-0.2, 0) is 9.53 Å². The van der Waals surface area contributed by atoms with Crippen molar-refractivity contribution in [2.75, 3.05) is 6.61 Å². The Morgan fingerprint density at radius 3 is 2.73 bits per heavy atom. The van der Waals surface area contributed by atoms with E-state index in [1.165, 1.54) is 0 Å². The average Bonchev–Trinajstić information content (AvgIpc) is 2.60. The van der Waals surface area contributed by atoms with E-state index in [-0.39, 0.29) is 30.7 Å². The van der Waals surface area contributed by atoms with Crippen LogP contribution >= 0.6 is 0 Å². The van der Waals surface area contributed by atoms with Crippen LogP contribution in [0.15, 0.2) is 12.2 Å². The van der Waals surface area contributed by atoms with Crippen molar-refractivity contribution < 1.29 is 14.6 Å². The predicted molar refractivity (Wildman–Crippen MR) is 37.9 cm³/mol. The first kappa shape index (κ1) is 7.00. The molecule has 1 N–H and O–H groups in total. The van der Waals surface area contributed by atoms with Crippen molar-refractivity contribution in [2.45, 2.75) is 12.2 Å². The van der Waals surface area contributed by atoms with E-state index < -0.39 is 0 Å². The Morgan fingerprint density at radius 1 is 1.45 bits per heavy atom. The predicted octanol–water partition coefficient (Wildman–Crippen LogP) is -0.253. The Balaban J connectivity index is 2.21. The molecule has 0 aromatic carbocycles. The van der Waals surface area contributed by atoms with Crippen LogP contribution in [0.4, 0.5) is 0 Å². The van der Waals surface area contributed by atoms with Gasteiger partial charge in [-0.05, 0) is 0 Å². The van der Waals surface area contributed by atoms with Gasteiger partial charge in [0.1, 0.15) is 6.29 Å². The molecule has 1 saturated heterocycles. The molecule has 60 valence electrons. The van der Waals surface area contributed by atoms with Crippen molar-refractivity contribution in [3.05, 3.63) is 12.2 Å². The largest absolute Gasteiger partial charge is 0.396 e. The normalized spacial score (nSPS) is 46.6. The number of aliphatic hydroxyl groups is 1. The average molecular weight is 154 g/mol. The van der Waals surface area contributed by atoms with Crippen molar-refractivity contribution in [2.24, 2.45) is 11.8 Å². The van der Waals surface area contributed by atoms with E-state index in [0.29, 0.717) is 0 Å². The Hall–Kier alpha value is -0.670. The highest BCUT2D eigenvalue weighted by Gasteiger charge is 2.45. The van der Waals surface area contributed by atoms with E-state index in [0.717, 1.165) is 6.29 Å². The first-order valence-corrected chi connectivity index (χ1v) is 3.76. The fourth-order valence-corrected chi connectivity index (χ4v) is 1.82. The Morgan fingerprint density at radius 2 is 2.18 bits per heavy atom. The number of carbonyl (C=O) groups excluding carboxylic acids is 1. The molecule has 0 radical (unpaired) electrons. The quantitative estimate of drug-likeness (QED) is 0.440. The van der Waals surface area contributed by atoms with Crippen molar-refractivity contribution in [3.63, 3.8) is 0 Å². The summed E-state index contributed by atoms with van der Waals surface area (Å²) in [6.07, 6.45) is 4.60. The van der Waals surface area contributed by atoms with Gasteiger partial charge in [0, 0.05) is 12.5 Å². The van der Waals surface area contributed by atoms with Crippen LogP contribution in [0, 0.1) is 11.8 Å². The van der Waals surface area contributed by atoms with Crippen LogP contribution in [0.2, 0.25) is 0 Å². The van der Waals surface area contributed by atoms with E-state index in [2.05, 4.69) is 0 Å². The van der Waals surface area contributed by atoms with Crippen molar-refractivity contribution in [1.82, 2.24) is 0 Å². The standard InChI is InChI=1S/C8H10O3/c9-3-5-6(4-10)8-2-1-7(5)11-8/h1-3,5-8,10H,4H2/t5-,6+,7+,8-/m1/s1. The van der Waals surface area contributed by atoms with Crippen LogP contribution in [-0.4, -0.2) is 30.2 Å². The summed E-state index contributed by atoms with van der Waals surface area (Å²) in [4.78, 5) is 10.5. The molecule has 2 aliphatic heterocycles. The molecule has 0 amide bonds. The summed E-state index contributed by atoms with van der Waals surface area (Å²) in [5.74, 6) is -0.141. The summed E-state index contributed by atoms with van der Waals surface area (Å²) in [5.41, 5.74) is 0. The highest BCUT2D eigenvalue weighted by Crippen LogP contribution is 2.37. The topological polar surface area (TPSA) is 46.5 Å². The molecule has 3 heteroatoms. The summed E-state index contributed by atoms with van der Waals surface area (Å²) in [6, 6.07) is 0. The van der Waals surface area contributed by atoms with E-state index in [1.807, 2.05) is 12.2 Å². The Bertz CT molecular complexity index is 200. The monoisotopic (exact) mass is 154 g/mol. The van der Waals surface area contributed by atoms with E-state index >= 15 is 0 Å². The zero-order valence-electron chi connectivity index (χ0n) is 6.01. The molecular weight excluding hydrogens is 144 g/mol. The van der Waals surface area contributed by atoms with Crippen LogP contribution < -0.4 is 0 Å². The minimum absolute atomic E-state index is 0.0116. The van der Waals surface area contributed by atoms with Gasteiger partial charge in [-0.25, -0.2) is 0 Å². The van der Waals surface area contributed by atoms with Gasteiger partial charge in [-0.3, -0.25) is 0 Å². The van der Waals surface area contributed by atoms with Crippen molar-refractivity contribution in [3.8, 4) is 0 Å². The van der Waals surface area contributed by atoms with E-state index in [1.54, 1.807) is 0 Å². The first-order valence-electron chi connectivity index (χ1n) is 3.76. The zero-order chi connectivity index (χ0) is 7.84. The minimum atomic E-state index is -0.130. The van der Waals surface area contributed by atoms with Crippen molar-refractivity contribution in [1.29, 1.82) is 0 Å². The van der Waals surface area contributed by atoms with Crippen LogP contribution in [0.25, 0.3) is 0 Å². The molecule has 0 saturated carbocycles. The molecule has 4 atom stereocenters. The van der Waals surface area contributed by atoms with Crippen LogP contribution in [0.1, 0.15) is 0 Å². The van der Waals surface area contributed by atoms with Gasteiger partial charge in [0.05, 0.1) is 18.1 Å². The van der Waals surface area contributed by atoms with Gasteiger partial charge in [0.15, 0.2) is 0 Å². The zero-order valence-corrected chi connectivity index (χ0v) is 6.01. The second kappa shape index (κ2) is 2.43. The maximum atomic E-state index is 10.5. The molecule has 0 spiro atoms. The number of fused-ring (bicyclic) bond motifs is 2. The minimum Gasteiger partial charge on any atom is -0.396 e. The molecule has 2 bridgehead atoms. The lowest BCUT2D eigenvalue weighted by atomic mass is 9.85. The Labute approximate surface area is 64.7 Å². The molecule has 3 nitrogen and oxygen atoms in total. The van der Waals surface area contributed by atoms with E-state index in [4.69, 9.17) is 9.84 Å². The molecule has 2 rings (SSSR count). The molecule has 1 fully saturated rings. The summed E-state index contributed by atoms with van der Waals surface area (Å²) < 4.78 is 5.38. The molecule has 11 heavy (non-hydrogen) atoms. The smallest absolute Gasteiger partial charge is 0.126 e. The van der Waals surface area contributed by atoms with Crippen LogP contribution in [0.3, 0.4) is 0 Å². The molecular formula is C8H10O3. The molecule has 0 aromatic heterocycles. The lowest BCUT2D eigenvalue weighted by molar-refractivity contribution is -0.113. The molecule has 2 aliphatic rings. The molecule has 0 aliphatic carbocycles. The summed E-state index contributed by atoms with van der Waals surface area (Å²) in [7, 11) is 0. The fraction of sp³-hybridized carbons (Fsp3) is 0.625. The highest BCUT2D eigenvalue weighted by atomic mass is 16.5. The van der Waals surface area contributed by atoms with Gasteiger partial charge in [0.25, 0.3) is 0 Å². The van der Waals surface area contributed by atoms with Crippen LogP contribution in [0.5, 0.6) is 0 Å². The number of hydrogen-bond acceptors (Lipinski definition) is 3. The number of rotatable bonds is 2. The third kappa shape index (κ3) is 0.847. The van der Waals surface area contributed by atoms with Gasteiger partial charge in [-0.1, -0.05) is 12.2 Å². The third-order valence-electron chi connectivity index (χ3n) is 2.47. The van der Waals surface area contributed by atoms with Gasteiger partial charge >= 0.3 is 0 Å². The van der Waals surface area contributed by atoms with Gasteiger partial charge < -0.3 is 14.6 Å². The van der Waals surface area contributed by atoms with Crippen molar-refractivity contribution >= 4 is 6.29 Å². The van der Waals surface area contributed by atoms with Gasteiger partial charge in [-0.2, -0.15) is 0 Å². The first-order chi connectivity index (χ1) is 5.36. The lowest BCUT2D eigenvalue weighted by Crippen LogP contribution is -2.27. The maximum Gasteiger partial charge on any atom is 0.126 e. The number of aliphatic hydroxyl groups excluding tert-OH is 1. The highest BCUT2D eigenvalue weighted by molar-refractivity contribution is 5.58.